The second-order valence-corrected chi connectivity index (χ2v) is 4.92. The molecule has 0 amide bonds. The van der Waals surface area contributed by atoms with Crippen LogP contribution in [0.5, 0.6) is 0 Å². The van der Waals surface area contributed by atoms with Gasteiger partial charge in [-0.25, -0.2) is 14.4 Å². The number of halogens is 2. The van der Waals surface area contributed by atoms with Crippen molar-refractivity contribution in [3.63, 3.8) is 0 Å². The Hall–Kier alpha value is -3.04. The number of hydrogen-bond donors (Lipinski definition) is 1. The summed E-state index contributed by atoms with van der Waals surface area (Å²) in [6, 6.07) is 11.1. The van der Waals surface area contributed by atoms with Gasteiger partial charge in [-0.2, -0.15) is 5.26 Å². The van der Waals surface area contributed by atoms with E-state index in [9.17, 15) is 4.39 Å². The number of anilines is 2. The number of nitriles is 1. The number of benzene rings is 1. The second-order valence-electron chi connectivity index (χ2n) is 4.53. The summed E-state index contributed by atoms with van der Waals surface area (Å²) in [4.78, 5) is 12.4. The van der Waals surface area contributed by atoms with Crippen LogP contribution in [0, 0.1) is 17.1 Å². The summed E-state index contributed by atoms with van der Waals surface area (Å²) in [5.74, 6) is 0.156. The molecule has 23 heavy (non-hydrogen) atoms. The average molecular weight is 326 g/mol. The molecule has 0 fully saturated rings. The van der Waals surface area contributed by atoms with Crippen LogP contribution in [0.1, 0.15) is 5.56 Å². The van der Waals surface area contributed by atoms with Crippen LogP contribution in [-0.4, -0.2) is 15.0 Å². The number of pyridine rings is 1. The zero-order valence-electron chi connectivity index (χ0n) is 11.7. The quantitative estimate of drug-likeness (QED) is 0.738. The first-order chi connectivity index (χ1) is 11.2. The van der Waals surface area contributed by atoms with Gasteiger partial charge >= 0.3 is 0 Å². The van der Waals surface area contributed by atoms with Gasteiger partial charge in [-0.3, -0.25) is 4.98 Å². The number of aromatic nitrogens is 3. The molecule has 1 aromatic carbocycles. The molecule has 1 N–H and O–H groups in total. The fourth-order valence-electron chi connectivity index (χ4n) is 1.99. The first-order valence-corrected chi connectivity index (χ1v) is 6.96. The van der Waals surface area contributed by atoms with Gasteiger partial charge in [-0.15, -0.1) is 0 Å². The molecule has 5 nitrogen and oxygen atoms in total. The standard InChI is InChI=1S/C16H9ClFN5/c17-14-8-15(21-13-3-1-2-12(18)11(13)9-19)23-16(22-14)10-4-6-20-7-5-10/h1-8H,(H,21,22,23). The molecule has 0 radical (unpaired) electrons. The summed E-state index contributed by atoms with van der Waals surface area (Å²) in [5, 5.41) is 12.2. The molecule has 0 aliphatic carbocycles. The molecule has 0 aliphatic heterocycles. The van der Waals surface area contributed by atoms with Crippen LogP contribution in [0.25, 0.3) is 11.4 Å². The van der Waals surface area contributed by atoms with Gasteiger partial charge in [0, 0.05) is 24.0 Å². The molecule has 0 atom stereocenters. The van der Waals surface area contributed by atoms with Crippen LogP contribution in [0.2, 0.25) is 5.15 Å². The van der Waals surface area contributed by atoms with E-state index in [4.69, 9.17) is 16.9 Å². The molecule has 7 heteroatoms. The van der Waals surface area contributed by atoms with Gasteiger partial charge in [0.15, 0.2) is 5.82 Å². The van der Waals surface area contributed by atoms with E-state index >= 15 is 0 Å². The molecule has 3 aromatic rings. The maximum absolute atomic E-state index is 13.6. The minimum atomic E-state index is -0.605. The Kier molecular flexibility index (Phi) is 4.13. The van der Waals surface area contributed by atoms with Crippen LogP contribution in [0.4, 0.5) is 15.9 Å². The minimum Gasteiger partial charge on any atom is -0.339 e. The Balaban J connectivity index is 2.01. The van der Waals surface area contributed by atoms with Crippen molar-refractivity contribution in [2.24, 2.45) is 0 Å². The number of nitrogens with zero attached hydrogens (tertiary/aromatic N) is 4. The van der Waals surface area contributed by atoms with Crippen LogP contribution in [0.3, 0.4) is 0 Å². The van der Waals surface area contributed by atoms with Gasteiger partial charge in [0.05, 0.1) is 5.69 Å². The fourth-order valence-corrected chi connectivity index (χ4v) is 2.18. The van der Waals surface area contributed by atoms with Crippen molar-refractivity contribution < 1.29 is 4.39 Å². The molecule has 2 aromatic heterocycles. The highest BCUT2D eigenvalue weighted by atomic mass is 35.5. The first kappa shape index (κ1) is 14.9. The van der Waals surface area contributed by atoms with Crippen molar-refractivity contribution in [1.82, 2.24) is 15.0 Å². The highest BCUT2D eigenvalue weighted by molar-refractivity contribution is 6.29. The molecule has 0 aliphatic rings. The monoisotopic (exact) mass is 325 g/mol. The third-order valence-corrected chi connectivity index (χ3v) is 3.22. The number of rotatable bonds is 3. The van der Waals surface area contributed by atoms with E-state index in [2.05, 4.69) is 20.3 Å². The van der Waals surface area contributed by atoms with Crippen molar-refractivity contribution in [2.75, 3.05) is 5.32 Å². The SMILES string of the molecule is N#Cc1c(F)cccc1Nc1cc(Cl)nc(-c2ccncc2)n1. The lowest BCUT2D eigenvalue weighted by molar-refractivity contribution is 0.624. The first-order valence-electron chi connectivity index (χ1n) is 6.58. The Morgan fingerprint density at radius 3 is 2.65 bits per heavy atom. The van der Waals surface area contributed by atoms with Gasteiger partial charge in [0.25, 0.3) is 0 Å². The van der Waals surface area contributed by atoms with E-state index in [-0.39, 0.29) is 10.7 Å². The van der Waals surface area contributed by atoms with E-state index in [1.807, 2.05) is 6.07 Å². The van der Waals surface area contributed by atoms with Crippen LogP contribution >= 0.6 is 11.6 Å². The smallest absolute Gasteiger partial charge is 0.163 e. The second kappa shape index (κ2) is 6.38. The van der Waals surface area contributed by atoms with Crippen LogP contribution in [-0.2, 0) is 0 Å². The molecule has 0 unspecified atom stereocenters. The van der Waals surface area contributed by atoms with Crippen molar-refractivity contribution in [1.29, 1.82) is 5.26 Å². The van der Waals surface area contributed by atoms with E-state index in [1.54, 1.807) is 30.6 Å². The summed E-state index contributed by atoms with van der Waals surface area (Å²) < 4.78 is 13.6. The zero-order chi connectivity index (χ0) is 16.2. The topological polar surface area (TPSA) is 74.5 Å². The lowest BCUT2D eigenvalue weighted by Crippen LogP contribution is -2.00. The summed E-state index contributed by atoms with van der Waals surface area (Å²) in [6.45, 7) is 0. The van der Waals surface area contributed by atoms with E-state index in [1.165, 1.54) is 18.2 Å². The Bertz CT molecular complexity index is 893. The molecular formula is C16H9ClFN5. The summed E-state index contributed by atoms with van der Waals surface area (Å²) in [5.41, 5.74) is 0.959. The van der Waals surface area contributed by atoms with Crippen LogP contribution < -0.4 is 5.32 Å². The largest absolute Gasteiger partial charge is 0.339 e. The third kappa shape index (κ3) is 3.25. The molecule has 0 saturated carbocycles. The van der Waals surface area contributed by atoms with Gasteiger partial charge < -0.3 is 5.32 Å². The predicted octanol–water partition coefficient (Wildman–Crippen LogP) is 3.95. The maximum atomic E-state index is 13.6. The Morgan fingerprint density at radius 2 is 1.91 bits per heavy atom. The van der Waals surface area contributed by atoms with Crippen molar-refractivity contribution in [2.45, 2.75) is 0 Å². The summed E-state index contributed by atoms with van der Waals surface area (Å²) in [6.07, 6.45) is 3.24. The third-order valence-electron chi connectivity index (χ3n) is 3.02. The van der Waals surface area contributed by atoms with Gasteiger partial charge in [0.1, 0.15) is 28.4 Å². The normalized spacial score (nSPS) is 10.1. The molecule has 0 bridgehead atoms. The highest BCUT2D eigenvalue weighted by Gasteiger charge is 2.10. The van der Waals surface area contributed by atoms with Crippen molar-refractivity contribution in [3.05, 3.63) is 65.3 Å². The number of nitrogens with one attached hydrogen (secondary N) is 1. The number of hydrogen-bond acceptors (Lipinski definition) is 5. The van der Waals surface area contributed by atoms with E-state index in [0.29, 0.717) is 17.3 Å². The minimum absolute atomic E-state index is 0.0901. The highest BCUT2D eigenvalue weighted by Crippen LogP contribution is 2.25. The Morgan fingerprint density at radius 1 is 1.13 bits per heavy atom. The molecular weight excluding hydrogens is 317 g/mol. The lowest BCUT2D eigenvalue weighted by Gasteiger charge is -2.09. The average Bonchev–Trinajstić information content (AvgIpc) is 2.55. The summed E-state index contributed by atoms with van der Waals surface area (Å²) >= 11 is 6.03. The van der Waals surface area contributed by atoms with Gasteiger partial charge in [0.2, 0.25) is 0 Å². The molecule has 0 saturated heterocycles. The Labute approximate surface area is 136 Å². The molecule has 3 rings (SSSR count). The molecule has 0 spiro atoms. The molecule has 2 heterocycles. The van der Waals surface area contributed by atoms with Crippen molar-refractivity contribution in [3.8, 4) is 17.5 Å². The van der Waals surface area contributed by atoms with E-state index in [0.717, 1.165) is 5.56 Å². The van der Waals surface area contributed by atoms with E-state index < -0.39 is 5.82 Å². The summed E-state index contributed by atoms with van der Waals surface area (Å²) in [7, 11) is 0. The fraction of sp³-hybridized carbons (Fsp3) is 0. The van der Waals surface area contributed by atoms with Gasteiger partial charge in [-0.05, 0) is 24.3 Å². The lowest BCUT2D eigenvalue weighted by atomic mass is 10.2. The zero-order valence-corrected chi connectivity index (χ0v) is 12.4. The van der Waals surface area contributed by atoms with Gasteiger partial charge in [-0.1, -0.05) is 17.7 Å². The van der Waals surface area contributed by atoms with Crippen LogP contribution in [0.15, 0.2) is 48.8 Å². The van der Waals surface area contributed by atoms with Crippen molar-refractivity contribution >= 4 is 23.1 Å². The molecule has 112 valence electrons. The maximum Gasteiger partial charge on any atom is 0.163 e. The predicted molar refractivity (Wildman–Crippen MR) is 84.7 cm³/mol.